The molecular formula is C28H25N5O2. The summed E-state index contributed by atoms with van der Waals surface area (Å²) in [4.78, 5) is 36.2. The maximum absolute atomic E-state index is 13.7. The monoisotopic (exact) mass is 463 g/mol. The molecule has 1 amide bonds. The van der Waals surface area contributed by atoms with E-state index < -0.39 is 0 Å². The van der Waals surface area contributed by atoms with E-state index in [1.165, 1.54) is 11.1 Å². The lowest BCUT2D eigenvalue weighted by molar-refractivity contribution is -0.112. The van der Waals surface area contributed by atoms with Gasteiger partial charge in [0.25, 0.3) is 11.5 Å². The largest absolute Gasteiger partial charge is 0.293 e. The van der Waals surface area contributed by atoms with Crippen LogP contribution in [0.1, 0.15) is 24.8 Å². The van der Waals surface area contributed by atoms with Gasteiger partial charge in [-0.2, -0.15) is 9.78 Å². The van der Waals surface area contributed by atoms with Crippen molar-refractivity contribution in [2.24, 2.45) is 5.10 Å². The van der Waals surface area contributed by atoms with Crippen LogP contribution in [0.3, 0.4) is 0 Å². The number of likely N-dealkylation sites (tertiary alicyclic amines) is 1. The molecule has 0 unspecified atom stereocenters. The number of amides is 1. The van der Waals surface area contributed by atoms with Crippen molar-refractivity contribution in [1.82, 2.24) is 14.6 Å². The smallest absolute Gasteiger partial charge is 0.282 e. The van der Waals surface area contributed by atoms with Crippen LogP contribution >= 0.6 is 0 Å². The molecular weight excluding hydrogens is 438 g/mol. The van der Waals surface area contributed by atoms with Crippen LogP contribution in [-0.4, -0.2) is 45.9 Å². The molecule has 6 rings (SSSR count). The van der Waals surface area contributed by atoms with Crippen LogP contribution in [0.15, 0.2) is 88.8 Å². The SMILES string of the molecule is O=C1/C(=N/n2c(-c3ccccc3)nc3ccccc3c2=O)c2ccccc2N1CN1CCCCC1. The van der Waals surface area contributed by atoms with Gasteiger partial charge in [0, 0.05) is 11.1 Å². The number of anilines is 1. The Bertz CT molecular complexity index is 1500. The van der Waals surface area contributed by atoms with Crippen molar-refractivity contribution in [1.29, 1.82) is 0 Å². The number of nitrogens with zero attached hydrogens (tertiary/aromatic N) is 5. The summed E-state index contributed by atoms with van der Waals surface area (Å²) in [6.45, 7) is 2.47. The molecule has 0 aliphatic carbocycles. The van der Waals surface area contributed by atoms with Gasteiger partial charge < -0.3 is 0 Å². The predicted octanol–water partition coefficient (Wildman–Crippen LogP) is 4.11. The highest BCUT2D eigenvalue weighted by atomic mass is 16.2. The zero-order valence-corrected chi connectivity index (χ0v) is 19.3. The molecule has 1 aromatic heterocycles. The van der Waals surface area contributed by atoms with Crippen molar-refractivity contribution in [3.63, 3.8) is 0 Å². The van der Waals surface area contributed by atoms with Crippen LogP contribution in [0.5, 0.6) is 0 Å². The van der Waals surface area contributed by atoms with E-state index in [-0.39, 0.29) is 17.2 Å². The molecule has 7 heteroatoms. The molecule has 3 aromatic carbocycles. The van der Waals surface area contributed by atoms with Gasteiger partial charge in [-0.15, -0.1) is 0 Å². The Kier molecular flexibility index (Phi) is 5.47. The van der Waals surface area contributed by atoms with Crippen LogP contribution in [0.4, 0.5) is 5.69 Å². The highest BCUT2D eigenvalue weighted by Crippen LogP contribution is 2.30. The fourth-order valence-electron chi connectivity index (χ4n) is 4.89. The number of carbonyl (C=O) groups is 1. The van der Waals surface area contributed by atoms with Gasteiger partial charge in [0.1, 0.15) is 0 Å². The Morgan fingerprint density at radius 2 is 1.51 bits per heavy atom. The summed E-state index contributed by atoms with van der Waals surface area (Å²) in [5.41, 5.74) is 2.86. The molecule has 0 saturated carbocycles. The lowest BCUT2D eigenvalue weighted by Crippen LogP contribution is -2.43. The normalized spacial score (nSPS) is 17.3. The Hall–Kier alpha value is -4.10. The molecule has 1 fully saturated rings. The molecule has 3 heterocycles. The zero-order chi connectivity index (χ0) is 23.8. The van der Waals surface area contributed by atoms with Crippen LogP contribution < -0.4 is 10.5 Å². The highest BCUT2D eigenvalue weighted by Gasteiger charge is 2.35. The van der Waals surface area contributed by atoms with Crippen molar-refractivity contribution in [2.45, 2.75) is 19.3 Å². The molecule has 4 aromatic rings. The molecule has 0 N–H and O–H groups in total. The number of rotatable bonds is 4. The number of aromatic nitrogens is 2. The van der Waals surface area contributed by atoms with Gasteiger partial charge >= 0.3 is 0 Å². The highest BCUT2D eigenvalue weighted by molar-refractivity contribution is 6.54. The van der Waals surface area contributed by atoms with E-state index in [1.54, 1.807) is 11.0 Å². The second-order valence-corrected chi connectivity index (χ2v) is 8.95. The van der Waals surface area contributed by atoms with Crippen LogP contribution in [0.2, 0.25) is 0 Å². The van der Waals surface area contributed by atoms with E-state index in [0.717, 1.165) is 42.7 Å². The summed E-state index contributed by atoms with van der Waals surface area (Å²) in [5.74, 6) is 0.206. The topological polar surface area (TPSA) is 70.8 Å². The maximum Gasteiger partial charge on any atom is 0.282 e. The predicted molar refractivity (Wildman–Crippen MR) is 138 cm³/mol. The summed E-state index contributed by atoms with van der Waals surface area (Å²) >= 11 is 0. The molecule has 0 radical (unpaired) electrons. The molecule has 35 heavy (non-hydrogen) atoms. The van der Waals surface area contributed by atoms with Crippen molar-refractivity contribution < 1.29 is 4.79 Å². The van der Waals surface area contributed by atoms with Gasteiger partial charge in [-0.3, -0.25) is 19.4 Å². The van der Waals surface area contributed by atoms with Crippen LogP contribution in [0, 0.1) is 0 Å². The van der Waals surface area contributed by atoms with Crippen molar-refractivity contribution in [3.8, 4) is 11.4 Å². The molecule has 0 atom stereocenters. The van der Waals surface area contributed by atoms with Crippen molar-refractivity contribution in [3.05, 3.63) is 94.8 Å². The lowest BCUT2D eigenvalue weighted by Gasteiger charge is -2.30. The lowest BCUT2D eigenvalue weighted by atomic mass is 10.1. The minimum atomic E-state index is -0.304. The van der Waals surface area contributed by atoms with E-state index in [2.05, 4.69) is 4.90 Å². The summed E-state index contributed by atoms with van der Waals surface area (Å²) < 4.78 is 1.28. The maximum atomic E-state index is 13.7. The summed E-state index contributed by atoms with van der Waals surface area (Å²) in [6, 6.07) is 24.4. The third-order valence-corrected chi connectivity index (χ3v) is 6.67. The Labute approximate surface area is 202 Å². The van der Waals surface area contributed by atoms with Crippen molar-refractivity contribution in [2.75, 3.05) is 24.7 Å². The number of hydrogen-bond acceptors (Lipinski definition) is 5. The standard InChI is InChI=1S/C28H25N5O2/c34-27-21-13-5-7-15-23(21)29-26(20-11-3-1-4-12-20)33(27)30-25-22-14-6-8-16-24(22)32(28(25)35)19-31-17-9-2-10-18-31/h1,3-8,11-16H,2,9-10,17-19H2/b30-25+. The third kappa shape index (κ3) is 3.84. The molecule has 174 valence electrons. The second-order valence-electron chi connectivity index (χ2n) is 8.95. The first-order valence-corrected chi connectivity index (χ1v) is 12.0. The molecule has 7 nitrogen and oxygen atoms in total. The Balaban J connectivity index is 1.52. The molecule has 0 bridgehead atoms. The first kappa shape index (κ1) is 21.4. The number of benzene rings is 3. The molecule has 0 spiro atoms. The van der Waals surface area contributed by atoms with Gasteiger partial charge in [-0.1, -0.05) is 67.1 Å². The quantitative estimate of drug-likeness (QED) is 0.457. The molecule has 1 saturated heterocycles. The van der Waals surface area contributed by atoms with Gasteiger partial charge in [0.2, 0.25) is 0 Å². The van der Waals surface area contributed by atoms with Gasteiger partial charge in [-0.25, -0.2) is 4.98 Å². The zero-order valence-electron chi connectivity index (χ0n) is 19.3. The summed E-state index contributed by atoms with van der Waals surface area (Å²) in [7, 11) is 0. The first-order valence-electron chi connectivity index (χ1n) is 12.0. The fourth-order valence-corrected chi connectivity index (χ4v) is 4.89. The minimum absolute atomic E-state index is 0.198. The van der Waals surface area contributed by atoms with E-state index in [1.807, 2.05) is 72.8 Å². The number of piperidine rings is 1. The number of para-hydroxylation sites is 2. The summed E-state index contributed by atoms with van der Waals surface area (Å²) in [5, 5.41) is 5.16. The fraction of sp³-hybridized carbons (Fsp3) is 0.214. The van der Waals surface area contributed by atoms with E-state index in [4.69, 9.17) is 10.1 Å². The number of hydrogen-bond donors (Lipinski definition) is 0. The number of carbonyl (C=O) groups excluding carboxylic acids is 1. The molecule has 2 aliphatic heterocycles. The number of fused-ring (bicyclic) bond motifs is 2. The summed E-state index contributed by atoms with van der Waals surface area (Å²) in [6.07, 6.45) is 3.51. The second kappa shape index (κ2) is 8.92. The first-order chi connectivity index (χ1) is 17.2. The minimum Gasteiger partial charge on any atom is -0.293 e. The van der Waals surface area contributed by atoms with Gasteiger partial charge in [-0.05, 0) is 44.1 Å². The van der Waals surface area contributed by atoms with Crippen molar-refractivity contribution >= 4 is 28.2 Å². The molecule has 2 aliphatic rings. The third-order valence-electron chi connectivity index (χ3n) is 6.67. The van der Waals surface area contributed by atoms with E-state index >= 15 is 0 Å². The van der Waals surface area contributed by atoms with Gasteiger partial charge in [0.15, 0.2) is 11.5 Å². The van der Waals surface area contributed by atoms with Gasteiger partial charge in [0.05, 0.1) is 23.3 Å². The van der Waals surface area contributed by atoms with Crippen LogP contribution in [-0.2, 0) is 4.79 Å². The Morgan fingerprint density at radius 3 is 2.34 bits per heavy atom. The van der Waals surface area contributed by atoms with E-state index in [9.17, 15) is 9.59 Å². The average molecular weight is 464 g/mol. The Morgan fingerprint density at radius 1 is 0.800 bits per heavy atom. The van der Waals surface area contributed by atoms with Crippen LogP contribution in [0.25, 0.3) is 22.3 Å². The average Bonchev–Trinajstić information content (AvgIpc) is 3.17. The van der Waals surface area contributed by atoms with E-state index in [0.29, 0.717) is 23.4 Å².